The van der Waals surface area contributed by atoms with Gasteiger partial charge < -0.3 is 0 Å². The molecule has 21 heavy (non-hydrogen) atoms. The minimum Gasteiger partial charge on any atom is -0.229 e. The van der Waals surface area contributed by atoms with Gasteiger partial charge in [-0.05, 0) is 31.5 Å². The Morgan fingerprint density at radius 3 is 2.43 bits per heavy atom. The molecular weight excluding hydrogens is 375 g/mol. The summed E-state index contributed by atoms with van der Waals surface area (Å²) in [6.07, 6.45) is 0. The molecule has 2 aromatic rings. The second-order valence-corrected chi connectivity index (χ2v) is 8.66. The van der Waals surface area contributed by atoms with Gasteiger partial charge in [0, 0.05) is 6.04 Å². The van der Waals surface area contributed by atoms with E-state index in [4.69, 9.17) is 34.8 Å². The Morgan fingerprint density at radius 2 is 1.90 bits per heavy atom. The first-order chi connectivity index (χ1) is 9.70. The van der Waals surface area contributed by atoms with E-state index in [0.717, 1.165) is 11.3 Å². The number of aryl methyl sites for hydroxylation is 1. The molecule has 1 atom stereocenters. The van der Waals surface area contributed by atoms with Crippen molar-refractivity contribution < 1.29 is 8.42 Å². The Balaban J connectivity index is 2.27. The molecule has 0 aliphatic rings. The van der Waals surface area contributed by atoms with E-state index in [-0.39, 0.29) is 8.68 Å². The average Bonchev–Trinajstić information content (AvgIpc) is 2.72. The number of aromatic nitrogens is 1. The van der Waals surface area contributed by atoms with Gasteiger partial charge in [0.25, 0.3) is 10.0 Å². The summed E-state index contributed by atoms with van der Waals surface area (Å²) in [7, 11) is -3.69. The first kappa shape index (κ1) is 17.0. The Kier molecular flexibility index (Phi) is 5.18. The van der Waals surface area contributed by atoms with Crippen LogP contribution in [0.3, 0.4) is 0 Å². The highest BCUT2D eigenvalue weighted by Gasteiger charge is 2.24. The topological polar surface area (TPSA) is 59.1 Å². The fourth-order valence-corrected chi connectivity index (χ4v) is 5.03. The van der Waals surface area contributed by atoms with Crippen molar-refractivity contribution in [3.63, 3.8) is 0 Å². The summed E-state index contributed by atoms with van der Waals surface area (Å²) >= 11 is 18.5. The summed E-state index contributed by atoms with van der Waals surface area (Å²) in [6, 6.07) is 4.50. The van der Waals surface area contributed by atoms with Gasteiger partial charge in [-0.1, -0.05) is 52.2 Å². The summed E-state index contributed by atoms with van der Waals surface area (Å²) in [5.41, 5.74) is 1.08. The van der Waals surface area contributed by atoms with Crippen LogP contribution in [0.1, 0.15) is 24.2 Å². The molecule has 1 unspecified atom stereocenters. The third kappa shape index (κ3) is 3.88. The van der Waals surface area contributed by atoms with Gasteiger partial charge in [-0.15, -0.1) is 0 Å². The Labute approximate surface area is 142 Å². The van der Waals surface area contributed by atoms with Crippen molar-refractivity contribution >= 4 is 56.2 Å². The van der Waals surface area contributed by atoms with E-state index in [9.17, 15) is 8.42 Å². The van der Waals surface area contributed by atoms with Crippen molar-refractivity contribution in [2.24, 2.45) is 0 Å². The second kappa shape index (κ2) is 6.40. The molecule has 0 aliphatic carbocycles. The minimum atomic E-state index is -3.69. The molecule has 0 radical (unpaired) electrons. The van der Waals surface area contributed by atoms with Crippen LogP contribution in [-0.2, 0) is 10.0 Å². The third-order valence-electron chi connectivity index (χ3n) is 2.75. The summed E-state index contributed by atoms with van der Waals surface area (Å²) in [5.74, 6) is 0. The summed E-state index contributed by atoms with van der Waals surface area (Å²) in [6.45, 7) is 3.32. The monoisotopic (exact) mass is 384 g/mol. The molecule has 1 N–H and O–H groups in total. The molecule has 2 rings (SSSR count). The van der Waals surface area contributed by atoms with Crippen molar-refractivity contribution in [3.05, 3.63) is 44.0 Å². The predicted molar refractivity (Wildman–Crippen MR) is 87.1 cm³/mol. The number of hydrogen-bond acceptors (Lipinski definition) is 4. The molecule has 0 fully saturated rings. The molecule has 114 valence electrons. The van der Waals surface area contributed by atoms with Crippen molar-refractivity contribution in [2.45, 2.75) is 24.1 Å². The van der Waals surface area contributed by atoms with E-state index in [1.807, 2.05) is 0 Å². The van der Waals surface area contributed by atoms with Crippen LogP contribution in [0.25, 0.3) is 0 Å². The summed E-state index contributed by atoms with van der Waals surface area (Å²) in [4.78, 5) is 3.91. The van der Waals surface area contributed by atoms with Gasteiger partial charge in [-0.2, -0.15) is 0 Å². The SMILES string of the molecule is Cc1nc(Cl)sc1S(=O)(=O)NC(C)c1ccc(Cl)c(Cl)c1. The average molecular weight is 386 g/mol. The maximum Gasteiger partial charge on any atom is 0.252 e. The van der Waals surface area contributed by atoms with Crippen LogP contribution < -0.4 is 4.72 Å². The number of sulfonamides is 1. The second-order valence-electron chi connectivity index (χ2n) is 4.36. The molecule has 4 nitrogen and oxygen atoms in total. The van der Waals surface area contributed by atoms with Gasteiger partial charge in [0.1, 0.15) is 0 Å². The molecule has 1 heterocycles. The highest BCUT2D eigenvalue weighted by Crippen LogP contribution is 2.29. The zero-order valence-corrected chi connectivity index (χ0v) is 14.9. The number of nitrogens with zero attached hydrogens (tertiary/aromatic N) is 1. The van der Waals surface area contributed by atoms with Crippen LogP contribution in [0, 0.1) is 6.92 Å². The normalized spacial score (nSPS) is 13.4. The quantitative estimate of drug-likeness (QED) is 0.845. The van der Waals surface area contributed by atoms with E-state index in [1.165, 1.54) is 0 Å². The zero-order chi connectivity index (χ0) is 15.8. The fraction of sp³-hybridized carbons (Fsp3) is 0.250. The van der Waals surface area contributed by atoms with Crippen LogP contribution >= 0.6 is 46.1 Å². The minimum absolute atomic E-state index is 0.111. The van der Waals surface area contributed by atoms with Crippen LogP contribution in [0.5, 0.6) is 0 Å². The number of hydrogen-bond donors (Lipinski definition) is 1. The number of nitrogens with one attached hydrogen (secondary N) is 1. The number of thiazole rings is 1. The first-order valence-corrected chi connectivity index (χ1v) is 9.24. The highest BCUT2D eigenvalue weighted by atomic mass is 35.5. The summed E-state index contributed by atoms with van der Waals surface area (Å²) < 4.78 is 27.6. The number of benzene rings is 1. The fourth-order valence-electron chi connectivity index (χ4n) is 1.74. The Hall–Kier alpha value is -0.370. The summed E-state index contributed by atoms with van der Waals surface area (Å²) in [5, 5.41) is 0.790. The maximum atomic E-state index is 12.3. The largest absolute Gasteiger partial charge is 0.252 e. The van der Waals surface area contributed by atoms with Gasteiger partial charge in [-0.25, -0.2) is 18.1 Å². The number of halogens is 3. The van der Waals surface area contributed by atoms with Gasteiger partial charge >= 0.3 is 0 Å². The molecule has 0 aliphatic heterocycles. The lowest BCUT2D eigenvalue weighted by molar-refractivity contribution is 0.568. The smallest absolute Gasteiger partial charge is 0.229 e. The molecule has 0 amide bonds. The van der Waals surface area contributed by atoms with Crippen molar-refractivity contribution in [1.82, 2.24) is 9.71 Å². The Morgan fingerprint density at radius 1 is 1.24 bits per heavy atom. The van der Waals surface area contributed by atoms with Crippen molar-refractivity contribution in [2.75, 3.05) is 0 Å². The van der Waals surface area contributed by atoms with Gasteiger partial charge in [0.05, 0.1) is 15.7 Å². The maximum absolute atomic E-state index is 12.3. The van der Waals surface area contributed by atoms with Crippen LogP contribution in [0.4, 0.5) is 0 Å². The molecule has 9 heteroatoms. The van der Waals surface area contributed by atoms with Crippen LogP contribution in [0.15, 0.2) is 22.4 Å². The molecule has 0 saturated heterocycles. The third-order valence-corrected chi connectivity index (χ3v) is 6.90. The Bertz CT molecular complexity index is 775. The zero-order valence-electron chi connectivity index (χ0n) is 11.0. The lowest BCUT2D eigenvalue weighted by Crippen LogP contribution is -2.26. The van der Waals surface area contributed by atoms with E-state index in [2.05, 4.69) is 9.71 Å². The van der Waals surface area contributed by atoms with Gasteiger partial charge in [0.15, 0.2) is 8.68 Å². The van der Waals surface area contributed by atoms with E-state index in [0.29, 0.717) is 21.3 Å². The molecule has 1 aromatic heterocycles. The molecule has 0 spiro atoms. The lowest BCUT2D eigenvalue weighted by Gasteiger charge is -2.14. The molecule has 1 aromatic carbocycles. The van der Waals surface area contributed by atoms with Gasteiger partial charge in [0.2, 0.25) is 0 Å². The van der Waals surface area contributed by atoms with Gasteiger partial charge in [-0.3, -0.25) is 0 Å². The molecular formula is C12H11Cl3N2O2S2. The van der Waals surface area contributed by atoms with Crippen molar-refractivity contribution in [1.29, 1.82) is 0 Å². The lowest BCUT2D eigenvalue weighted by atomic mass is 10.1. The predicted octanol–water partition coefficient (Wildman–Crippen LogP) is 4.45. The van der Waals surface area contributed by atoms with E-state index >= 15 is 0 Å². The number of rotatable bonds is 4. The van der Waals surface area contributed by atoms with Crippen LogP contribution in [0.2, 0.25) is 14.5 Å². The van der Waals surface area contributed by atoms with Crippen LogP contribution in [-0.4, -0.2) is 13.4 Å². The van der Waals surface area contributed by atoms with E-state index < -0.39 is 16.1 Å². The first-order valence-electron chi connectivity index (χ1n) is 5.81. The molecule has 0 saturated carbocycles. The van der Waals surface area contributed by atoms with Crippen molar-refractivity contribution in [3.8, 4) is 0 Å². The standard InChI is InChI=1S/C12H11Cl3N2O2S2/c1-6(8-3-4-9(13)10(14)5-8)17-21(18,19)11-7(2)16-12(15)20-11/h3-6,17H,1-2H3. The van der Waals surface area contributed by atoms with E-state index in [1.54, 1.807) is 32.0 Å². The molecule has 0 bridgehead atoms. The highest BCUT2D eigenvalue weighted by molar-refractivity contribution is 7.91.